The van der Waals surface area contributed by atoms with Crippen LogP contribution in [-0.4, -0.2) is 21.4 Å². The van der Waals surface area contributed by atoms with Crippen LogP contribution in [-0.2, 0) is 0 Å². The Labute approximate surface area is 167 Å². The fourth-order valence-electron chi connectivity index (χ4n) is 3.22. The molecule has 1 aromatic heterocycles. The molecule has 1 heterocycles. The summed E-state index contributed by atoms with van der Waals surface area (Å²) >= 11 is 0. The Kier molecular flexibility index (Phi) is 4.49. The molecule has 0 saturated heterocycles. The molecule has 0 radical (unpaired) electrons. The fraction of sp³-hybridized carbons (Fsp3) is 0.150. The third-order valence-corrected chi connectivity index (χ3v) is 4.68. The highest BCUT2D eigenvalue weighted by atomic mass is 19.4. The zero-order chi connectivity index (χ0) is 21.6. The predicted molar refractivity (Wildman–Crippen MR) is 106 cm³/mol. The summed E-state index contributed by atoms with van der Waals surface area (Å²) < 4.78 is 41.7. The molecule has 0 amide bonds. The SMILES string of the molecule is C[C@@H](Nc1c(N(c2nc3ccccc3[nH]2)C(F)(F)F)c(=O)c1=O)c1cccc(O)c1. The molecule has 0 aliphatic rings. The highest BCUT2D eigenvalue weighted by Gasteiger charge is 2.46. The van der Waals surface area contributed by atoms with Gasteiger partial charge in [0, 0.05) is 6.04 Å². The van der Waals surface area contributed by atoms with E-state index in [0.29, 0.717) is 11.1 Å². The van der Waals surface area contributed by atoms with Crippen molar-refractivity contribution in [2.45, 2.75) is 19.3 Å². The van der Waals surface area contributed by atoms with Crippen LogP contribution in [0.3, 0.4) is 0 Å². The first kappa shape index (κ1) is 19.5. The average Bonchev–Trinajstić information content (AvgIpc) is 3.12. The number of fused-ring (bicyclic) bond motifs is 1. The van der Waals surface area contributed by atoms with Gasteiger partial charge in [0.15, 0.2) is 0 Å². The zero-order valence-electron chi connectivity index (χ0n) is 15.5. The van der Waals surface area contributed by atoms with E-state index in [-0.39, 0.29) is 16.2 Å². The van der Waals surface area contributed by atoms with Crippen molar-refractivity contribution in [2.24, 2.45) is 0 Å². The van der Waals surface area contributed by atoms with Crippen LogP contribution < -0.4 is 21.1 Å². The van der Waals surface area contributed by atoms with Gasteiger partial charge < -0.3 is 15.4 Å². The van der Waals surface area contributed by atoms with Gasteiger partial charge in [0.25, 0.3) is 10.9 Å². The summed E-state index contributed by atoms with van der Waals surface area (Å²) in [6.07, 6.45) is -5.01. The number of para-hydroxylation sites is 2. The molecule has 0 fully saturated rings. The largest absolute Gasteiger partial charge is 0.508 e. The van der Waals surface area contributed by atoms with Gasteiger partial charge >= 0.3 is 6.30 Å². The number of hydrogen-bond donors (Lipinski definition) is 3. The second-order valence-electron chi connectivity index (χ2n) is 6.72. The van der Waals surface area contributed by atoms with E-state index in [1.54, 1.807) is 37.3 Å². The van der Waals surface area contributed by atoms with Gasteiger partial charge in [-0.3, -0.25) is 9.59 Å². The Morgan fingerprint density at radius 3 is 2.50 bits per heavy atom. The Balaban J connectivity index is 1.77. The molecule has 1 atom stereocenters. The average molecular weight is 416 g/mol. The lowest BCUT2D eigenvalue weighted by atomic mass is 10.1. The molecule has 3 N–H and O–H groups in total. The first-order chi connectivity index (χ1) is 14.2. The maximum Gasteiger partial charge on any atom is 0.491 e. The van der Waals surface area contributed by atoms with Crippen LogP contribution >= 0.6 is 0 Å². The molecule has 154 valence electrons. The second-order valence-corrected chi connectivity index (χ2v) is 6.72. The van der Waals surface area contributed by atoms with Crippen LogP contribution in [0.4, 0.5) is 30.5 Å². The number of anilines is 3. The topological polar surface area (TPSA) is 98.3 Å². The molecule has 4 rings (SSSR count). The van der Waals surface area contributed by atoms with E-state index >= 15 is 0 Å². The number of phenolic OH excluding ortho intramolecular Hbond substituents is 1. The van der Waals surface area contributed by atoms with Crippen molar-refractivity contribution >= 4 is 28.4 Å². The van der Waals surface area contributed by atoms with Crippen molar-refractivity contribution in [1.29, 1.82) is 0 Å². The number of aromatic amines is 1. The van der Waals surface area contributed by atoms with Gasteiger partial charge in [0.2, 0.25) is 5.95 Å². The molecule has 0 unspecified atom stereocenters. The number of aromatic nitrogens is 2. The zero-order valence-corrected chi connectivity index (χ0v) is 15.5. The van der Waals surface area contributed by atoms with E-state index < -0.39 is 40.5 Å². The Morgan fingerprint density at radius 2 is 1.83 bits per heavy atom. The Hall–Kier alpha value is -3.82. The van der Waals surface area contributed by atoms with Crippen LogP contribution in [0, 0.1) is 0 Å². The summed E-state index contributed by atoms with van der Waals surface area (Å²) in [5.41, 5.74) is -2.46. The Bertz CT molecular complexity index is 1270. The van der Waals surface area contributed by atoms with E-state index in [9.17, 15) is 27.9 Å². The second kappa shape index (κ2) is 6.90. The lowest BCUT2D eigenvalue weighted by Gasteiger charge is -2.28. The molecule has 3 aromatic carbocycles. The summed E-state index contributed by atoms with van der Waals surface area (Å²) in [6, 6.07) is 11.7. The number of benzene rings is 2. The molecule has 10 heteroatoms. The van der Waals surface area contributed by atoms with E-state index in [2.05, 4.69) is 15.3 Å². The molecule has 0 aliphatic carbocycles. The number of phenols is 1. The lowest BCUT2D eigenvalue weighted by molar-refractivity contribution is -0.121. The van der Waals surface area contributed by atoms with E-state index in [4.69, 9.17) is 0 Å². The monoisotopic (exact) mass is 416 g/mol. The maximum absolute atomic E-state index is 13.9. The highest BCUT2D eigenvalue weighted by molar-refractivity contribution is 5.83. The number of nitrogens with zero attached hydrogens (tertiary/aromatic N) is 2. The quantitative estimate of drug-likeness (QED) is 0.339. The lowest BCUT2D eigenvalue weighted by Crippen LogP contribution is -2.46. The molecule has 0 spiro atoms. The van der Waals surface area contributed by atoms with Crippen molar-refractivity contribution in [3.05, 3.63) is 74.5 Å². The van der Waals surface area contributed by atoms with Crippen molar-refractivity contribution in [3.8, 4) is 5.75 Å². The molecule has 0 saturated carbocycles. The fourth-order valence-corrected chi connectivity index (χ4v) is 3.22. The number of hydrogen-bond acceptors (Lipinski definition) is 6. The van der Waals surface area contributed by atoms with Crippen LogP contribution in [0.5, 0.6) is 5.75 Å². The summed E-state index contributed by atoms with van der Waals surface area (Å²) in [6.45, 7) is 1.59. The third kappa shape index (κ3) is 3.25. The number of alkyl halides is 3. The summed E-state index contributed by atoms with van der Waals surface area (Å²) in [5.74, 6) is -0.658. The summed E-state index contributed by atoms with van der Waals surface area (Å²) in [4.78, 5) is 30.5. The Morgan fingerprint density at radius 1 is 1.10 bits per heavy atom. The van der Waals surface area contributed by atoms with Crippen LogP contribution in [0.25, 0.3) is 11.0 Å². The number of imidazole rings is 1. The molecular weight excluding hydrogens is 401 g/mol. The number of halogens is 3. The van der Waals surface area contributed by atoms with Gasteiger partial charge in [-0.2, -0.15) is 0 Å². The minimum Gasteiger partial charge on any atom is -0.508 e. The number of nitrogens with one attached hydrogen (secondary N) is 2. The van der Waals surface area contributed by atoms with E-state index in [1.165, 1.54) is 18.2 Å². The first-order valence-electron chi connectivity index (χ1n) is 8.87. The first-order valence-corrected chi connectivity index (χ1v) is 8.87. The predicted octanol–water partition coefficient (Wildman–Crippen LogP) is 3.70. The van der Waals surface area contributed by atoms with Crippen molar-refractivity contribution in [2.75, 3.05) is 10.2 Å². The smallest absolute Gasteiger partial charge is 0.491 e. The van der Waals surface area contributed by atoms with Gasteiger partial charge in [0.1, 0.15) is 17.1 Å². The molecule has 30 heavy (non-hydrogen) atoms. The standard InChI is InChI=1S/C20H15F3N4O3/c1-10(11-5-4-6-12(28)9-11)24-15-16(18(30)17(15)29)27(20(21,22)23)19-25-13-7-2-3-8-14(13)26-19/h2-10,24,28H,1H3,(H,25,26)/t10-/m1/s1. The molecular formula is C20H15F3N4O3. The van der Waals surface area contributed by atoms with Crippen molar-refractivity contribution in [1.82, 2.24) is 9.97 Å². The normalized spacial score (nSPS) is 12.9. The van der Waals surface area contributed by atoms with Crippen LogP contribution in [0.15, 0.2) is 58.1 Å². The third-order valence-electron chi connectivity index (χ3n) is 4.68. The highest BCUT2D eigenvalue weighted by Crippen LogP contribution is 2.38. The summed E-state index contributed by atoms with van der Waals surface area (Å²) in [5, 5.41) is 12.3. The van der Waals surface area contributed by atoms with Crippen molar-refractivity contribution < 1.29 is 18.3 Å². The van der Waals surface area contributed by atoms with Crippen molar-refractivity contribution in [3.63, 3.8) is 0 Å². The molecule has 0 bridgehead atoms. The van der Waals surface area contributed by atoms with Gasteiger partial charge in [-0.25, -0.2) is 9.88 Å². The molecule has 7 nitrogen and oxygen atoms in total. The minimum atomic E-state index is -5.01. The van der Waals surface area contributed by atoms with Crippen LogP contribution in [0.1, 0.15) is 18.5 Å². The molecule has 0 aliphatic heterocycles. The van der Waals surface area contributed by atoms with Gasteiger partial charge in [0.05, 0.1) is 11.0 Å². The van der Waals surface area contributed by atoms with Gasteiger partial charge in [-0.15, -0.1) is 13.2 Å². The minimum absolute atomic E-state index is 0.0365. The number of rotatable bonds is 5. The van der Waals surface area contributed by atoms with E-state index in [1.807, 2.05) is 0 Å². The van der Waals surface area contributed by atoms with E-state index in [0.717, 1.165) is 0 Å². The number of aromatic hydroxyl groups is 1. The van der Waals surface area contributed by atoms with Gasteiger partial charge in [-0.05, 0) is 36.8 Å². The maximum atomic E-state index is 13.9. The molecule has 4 aromatic rings. The summed E-state index contributed by atoms with van der Waals surface area (Å²) in [7, 11) is 0. The number of H-pyrrole nitrogens is 1. The van der Waals surface area contributed by atoms with Gasteiger partial charge in [-0.1, -0.05) is 24.3 Å². The van der Waals surface area contributed by atoms with Crippen LogP contribution in [0.2, 0.25) is 0 Å².